The Morgan fingerprint density at radius 1 is 1.08 bits per heavy atom. The van der Waals surface area contributed by atoms with E-state index in [1.165, 1.54) is 11.8 Å². The number of nitriles is 2. The summed E-state index contributed by atoms with van der Waals surface area (Å²) < 4.78 is 0. The third kappa shape index (κ3) is 4.11. The minimum absolute atomic E-state index is 0.487. The number of benzene rings is 1. The topological polar surface area (TPSA) is 89.7 Å². The molecule has 0 aliphatic carbocycles. The highest BCUT2D eigenvalue weighted by Gasteiger charge is 2.20. The Balaban J connectivity index is 2.40. The molecule has 0 atom stereocenters. The highest BCUT2D eigenvalue weighted by molar-refractivity contribution is 7.98. The minimum atomic E-state index is 0.487. The van der Waals surface area contributed by atoms with E-state index in [4.69, 9.17) is 5.73 Å². The maximum atomic E-state index is 9.61. The molecule has 2 N–H and O–H groups in total. The van der Waals surface area contributed by atoms with Crippen molar-refractivity contribution in [3.05, 3.63) is 52.1 Å². The molecule has 0 unspecified atom stereocenters. The van der Waals surface area contributed by atoms with Gasteiger partial charge in [-0.05, 0) is 23.1 Å². The van der Waals surface area contributed by atoms with Gasteiger partial charge in [-0.25, -0.2) is 4.98 Å². The van der Waals surface area contributed by atoms with Crippen LogP contribution in [-0.4, -0.2) is 19.1 Å². The van der Waals surface area contributed by atoms with Crippen LogP contribution in [0.15, 0.2) is 29.3 Å². The van der Waals surface area contributed by atoms with Gasteiger partial charge in [-0.15, -0.1) is 11.8 Å². The van der Waals surface area contributed by atoms with Gasteiger partial charge in [-0.3, -0.25) is 0 Å². The fraction of sp³-hybridized carbons (Fsp3) is 0.316. The fourth-order valence-electron chi connectivity index (χ4n) is 2.53. The molecule has 1 aromatic heterocycles. The van der Waals surface area contributed by atoms with Crippen LogP contribution in [0.5, 0.6) is 0 Å². The molecule has 0 radical (unpaired) electrons. The number of nitrogens with zero attached hydrogens (tertiary/aromatic N) is 4. The van der Waals surface area contributed by atoms with Gasteiger partial charge in [0, 0.05) is 26.4 Å². The lowest BCUT2D eigenvalue weighted by molar-refractivity contribution is 0.964. The monoisotopic (exact) mass is 351 g/mol. The molecule has 128 valence electrons. The summed E-state index contributed by atoms with van der Waals surface area (Å²) in [6.07, 6.45) is 0.619. The molecule has 0 aliphatic rings. The molecular weight excluding hydrogens is 330 g/mol. The molecule has 0 bridgehead atoms. The molecule has 0 amide bonds. The summed E-state index contributed by atoms with van der Waals surface area (Å²) in [6.45, 7) is 2.48. The number of hydrogen-bond donors (Lipinski definition) is 1. The molecule has 0 spiro atoms. The molecule has 0 aliphatic heterocycles. The Morgan fingerprint density at radius 2 is 1.68 bits per heavy atom. The lowest BCUT2D eigenvalue weighted by Gasteiger charge is -2.18. The Labute approximate surface area is 153 Å². The molecule has 1 heterocycles. The van der Waals surface area contributed by atoms with Gasteiger partial charge in [0.25, 0.3) is 0 Å². The molecule has 1 aromatic carbocycles. The van der Waals surface area contributed by atoms with Crippen LogP contribution >= 0.6 is 11.8 Å². The third-order valence-electron chi connectivity index (χ3n) is 3.88. The van der Waals surface area contributed by atoms with Crippen LogP contribution in [0.25, 0.3) is 0 Å². The van der Waals surface area contributed by atoms with Crippen LogP contribution in [-0.2, 0) is 18.7 Å². The normalized spacial score (nSPS) is 10.2. The molecule has 0 saturated heterocycles. The van der Waals surface area contributed by atoms with E-state index in [1.807, 2.05) is 50.2 Å². The van der Waals surface area contributed by atoms with Gasteiger partial charge in [-0.2, -0.15) is 10.5 Å². The number of aromatic nitrogens is 1. The smallest absolute Gasteiger partial charge is 0.147 e. The lowest BCUT2D eigenvalue weighted by Crippen LogP contribution is -2.15. The molecule has 5 nitrogen and oxygen atoms in total. The first-order valence-electron chi connectivity index (χ1n) is 8.00. The maximum absolute atomic E-state index is 9.61. The van der Waals surface area contributed by atoms with Crippen molar-refractivity contribution in [2.45, 2.75) is 30.7 Å². The van der Waals surface area contributed by atoms with Gasteiger partial charge in [0.1, 0.15) is 23.0 Å². The van der Waals surface area contributed by atoms with E-state index in [-0.39, 0.29) is 0 Å². The van der Waals surface area contributed by atoms with Crippen LogP contribution in [0.3, 0.4) is 0 Å². The summed E-state index contributed by atoms with van der Waals surface area (Å²) in [6, 6.07) is 12.5. The minimum Gasteiger partial charge on any atom is -0.362 e. The van der Waals surface area contributed by atoms with Crippen molar-refractivity contribution in [3.63, 3.8) is 0 Å². The Bertz CT molecular complexity index is 829. The second kappa shape index (κ2) is 8.53. The van der Waals surface area contributed by atoms with Crippen LogP contribution in [0, 0.1) is 22.7 Å². The number of thioether (sulfide) groups is 1. The van der Waals surface area contributed by atoms with E-state index in [0.717, 1.165) is 16.7 Å². The maximum Gasteiger partial charge on any atom is 0.147 e. The second-order valence-corrected chi connectivity index (χ2v) is 6.71. The Morgan fingerprint density at radius 3 is 2.16 bits per heavy atom. The van der Waals surface area contributed by atoms with Crippen LogP contribution in [0.4, 0.5) is 5.82 Å². The number of anilines is 1. The van der Waals surface area contributed by atoms with Crippen molar-refractivity contribution in [2.75, 3.05) is 19.0 Å². The van der Waals surface area contributed by atoms with E-state index in [2.05, 4.69) is 17.1 Å². The van der Waals surface area contributed by atoms with Gasteiger partial charge in [-0.1, -0.05) is 31.2 Å². The first-order valence-corrected chi connectivity index (χ1v) is 8.99. The van der Waals surface area contributed by atoms with E-state index >= 15 is 0 Å². The zero-order valence-corrected chi connectivity index (χ0v) is 15.5. The summed E-state index contributed by atoms with van der Waals surface area (Å²) in [5.74, 6) is 1.31. The van der Waals surface area contributed by atoms with Gasteiger partial charge in [0.05, 0.1) is 11.1 Å². The fourth-order valence-corrected chi connectivity index (χ4v) is 3.49. The predicted molar refractivity (Wildman–Crippen MR) is 101 cm³/mol. The molecule has 2 aromatic rings. The van der Waals surface area contributed by atoms with Gasteiger partial charge < -0.3 is 10.6 Å². The highest BCUT2D eigenvalue weighted by Crippen LogP contribution is 2.32. The summed E-state index contributed by atoms with van der Waals surface area (Å²) in [5.41, 5.74) is 9.62. The Hall–Kier alpha value is -2.54. The SMILES string of the molecule is CCc1c(C#N)c(SCc2ccc(CN)cc2)nc(N(C)C)c1C#N. The zero-order chi connectivity index (χ0) is 18.4. The van der Waals surface area contributed by atoms with Gasteiger partial charge in [0.2, 0.25) is 0 Å². The van der Waals surface area contributed by atoms with Crippen LogP contribution in [0.1, 0.15) is 34.7 Å². The molecule has 6 heteroatoms. The molecule has 25 heavy (non-hydrogen) atoms. The van der Waals surface area contributed by atoms with Crippen LogP contribution in [0.2, 0.25) is 0 Å². The van der Waals surface area contributed by atoms with Gasteiger partial charge in [0.15, 0.2) is 0 Å². The summed E-state index contributed by atoms with van der Waals surface area (Å²) in [5, 5.41) is 19.8. The lowest BCUT2D eigenvalue weighted by atomic mass is 10.0. The number of hydrogen-bond acceptors (Lipinski definition) is 6. The molecular formula is C19H21N5S. The first kappa shape index (κ1) is 18.8. The van der Waals surface area contributed by atoms with Crippen molar-refractivity contribution in [3.8, 4) is 12.1 Å². The largest absolute Gasteiger partial charge is 0.362 e. The van der Waals surface area contributed by atoms with E-state index in [9.17, 15) is 10.5 Å². The zero-order valence-electron chi connectivity index (χ0n) is 14.7. The third-order valence-corrected chi connectivity index (χ3v) is 4.93. The summed E-state index contributed by atoms with van der Waals surface area (Å²) in [4.78, 5) is 6.41. The average molecular weight is 351 g/mol. The first-order chi connectivity index (χ1) is 12.0. The molecule has 0 fully saturated rings. The second-order valence-electron chi connectivity index (χ2n) is 5.75. The van der Waals surface area contributed by atoms with E-state index < -0.39 is 0 Å². The highest BCUT2D eigenvalue weighted by atomic mass is 32.2. The number of nitrogens with two attached hydrogens (primary N) is 1. The standard InChI is InChI=1S/C19H21N5S/c1-4-15-16(10-21)18(24(2)3)23-19(17(15)11-22)25-12-14-7-5-13(9-20)6-8-14/h5-8H,4,9,12,20H2,1-3H3. The van der Waals surface area contributed by atoms with Crippen molar-refractivity contribution in [1.29, 1.82) is 10.5 Å². The number of rotatable bonds is 6. The Kier molecular flexibility index (Phi) is 6.41. The summed E-state index contributed by atoms with van der Waals surface area (Å²) >= 11 is 1.52. The average Bonchev–Trinajstić information content (AvgIpc) is 2.64. The van der Waals surface area contributed by atoms with Crippen molar-refractivity contribution >= 4 is 17.6 Å². The van der Waals surface area contributed by atoms with Crippen LogP contribution < -0.4 is 10.6 Å². The summed E-state index contributed by atoms with van der Waals surface area (Å²) in [7, 11) is 3.71. The van der Waals surface area contributed by atoms with E-state index in [1.54, 1.807) is 0 Å². The quantitative estimate of drug-likeness (QED) is 0.804. The molecule has 0 saturated carbocycles. The number of pyridine rings is 1. The van der Waals surface area contributed by atoms with Crippen molar-refractivity contribution < 1.29 is 0 Å². The van der Waals surface area contributed by atoms with Crippen molar-refractivity contribution in [1.82, 2.24) is 4.98 Å². The van der Waals surface area contributed by atoms with Crippen molar-refractivity contribution in [2.24, 2.45) is 5.73 Å². The van der Waals surface area contributed by atoms with E-state index in [0.29, 0.717) is 40.7 Å². The van der Waals surface area contributed by atoms with Gasteiger partial charge >= 0.3 is 0 Å². The molecule has 2 rings (SSSR count). The predicted octanol–water partition coefficient (Wildman–Crippen LogP) is 3.20.